The van der Waals surface area contributed by atoms with E-state index in [1.807, 2.05) is 50.4 Å². The lowest BCUT2D eigenvalue weighted by atomic mass is 9.97. The molecule has 1 N–H and O–H groups in total. The van der Waals surface area contributed by atoms with Gasteiger partial charge in [-0.1, -0.05) is 12.1 Å². The summed E-state index contributed by atoms with van der Waals surface area (Å²) >= 11 is 1.59. The van der Waals surface area contributed by atoms with Gasteiger partial charge in [0.1, 0.15) is 5.01 Å². The maximum Gasteiger partial charge on any atom is 0.330 e. The Hall–Kier alpha value is -2.25. The number of aromatic nitrogens is 1. The number of thiazole rings is 1. The van der Waals surface area contributed by atoms with Crippen LogP contribution in [0, 0.1) is 5.41 Å². The van der Waals surface area contributed by atoms with Gasteiger partial charge in [0.25, 0.3) is 0 Å². The number of nitrogens with one attached hydrogen (secondary N) is 1. The van der Waals surface area contributed by atoms with Crippen LogP contribution in [0.2, 0.25) is 0 Å². The highest BCUT2D eigenvalue weighted by Crippen LogP contribution is 2.35. The molecule has 1 fully saturated rings. The van der Waals surface area contributed by atoms with Gasteiger partial charge in [-0.2, -0.15) is 0 Å². The fraction of sp³-hybridized carbons (Fsp3) is 0.476. The summed E-state index contributed by atoms with van der Waals surface area (Å²) in [6, 6.07) is 7.63. The van der Waals surface area contributed by atoms with E-state index in [9.17, 15) is 9.59 Å². The molecule has 1 aromatic heterocycles. The van der Waals surface area contributed by atoms with Crippen LogP contribution in [0.5, 0.6) is 0 Å². The van der Waals surface area contributed by atoms with Crippen molar-refractivity contribution in [1.82, 2.24) is 10.0 Å². The maximum atomic E-state index is 12.3. The fourth-order valence-electron chi connectivity index (χ4n) is 3.01. The van der Waals surface area contributed by atoms with Crippen molar-refractivity contribution >= 4 is 28.9 Å². The van der Waals surface area contributed by atoms with E-state index in [0.29, 0.717) is 0 Å². The number of benzene rings is 1. The second-order valence-electron chi connectivity index (χ2n) is 8.11. The van der Waals surface area contributed by atoms with Gasteiger partial charge in [-0.15, -0.1) is 16.4 Å². The molecule has 1 amide bonds. The second-order valence-corrected chi connectivity index (χ2v) is 9.00. The Morgan fingerprint density at radius 2 is 1.93 bits per heavy atom. The fourth-order valence-corrected chi connectivity index (χ4v) is 3.97. The second kappa shape index (κ2) is 8.41. The number of carbonyl (C=O) groups excluding carboxylic acids is 2. The van der Waals surface area contributed by atoms with E-state index >= 15 is 0 Å². The third-order valence-electron chi connectivity index (χ3n) is 4.57. The molecule has 3 rings (SSSR count). The van der Waals surface area contributed by atoms with Crippen LogP contribution in [-0.4, -0.2) is 28.5 Å². The van der Waals surface area contributed by atoms with Crippen molar-refractivity contribution in [3.8, 4) is 11.3 Å². The highest BCUT2D eigenvalue weighted by Gasteiger charge is 2.33. The number of hydrogen-bond donors (Lipinski definition) is 1. The van der Waals surface area contributed by atoms with Crippen LogP contribution < -0.4 is 5.32 Å². The minimum Gasteiger partial charge on any atom is -0.367 e. The van der Waals surface area contributed by atoms with E-state index in [0.717, 1.165) is 47.8 Å². The van der Waals surface area contributed by atoms with E-state index in [-0.39, 0.29) is 17.9 Å². The molecule has 1 aliphatic rings. The van der Waals surface area contributed by atoms with Gasteiger partial charge in [0, 0.05) is 30.1 Å². The molecule has 1 aliphatic heterocycles. The predicted molar refractivity (Wildman–Crippen MR) is 111 cm³/mol. The van der Waals surface area contributed by atoms with Crippen LogP contribution in [0.4, 0.5) is 5.69 Å². The average molecular weight is 402 g/mol. The number of nitrogens with zero attached hydrogens (tertiary/aromatic N) is 2. The van der Waals surface area contributed by atoms with E-state index in [4.69, 9.17) is 9.82 Å². The minimum absolute atomic E-state index is 0.00236. The van der Waals surface area contributed by atoms with Crippen molar-refractivity contribution in [2.45, 2.75) is 53.0 Å². The standard InChI is InChI=1S/C21H27N3O3S/c1-14(25)22-16-10-8-15(9-11-16)17-13-28-19(23-17)18-7-5-6-12-24(18)27-20(26)21(2,3)4/h8-11,13,18H,5-7,12H2,1-4H3,(H,22,25)/t18-/m1/s1. The van der Waals surface area contributed by atoms with Gasteiger partial charge in [0.05, 0.1) is 17.2 Å². The van der Waals surface area contributed by atoms with Crippen molar-refractivity contribution in [2.24, 2.45) is 5.41 Å². The first-order valence-electron chi connectivity index (χ1n) is 9.56. The zero-order valence-electron chi connectivity index (χ0n) is 16.8. The molecule has 7 heteroatoms. The molecule has 0 saturated carbocycles. The molecule has 0 unspecified atom stereocenters. The quantitative estimate of drug-likeness (QED) is 0.797. The van der Waals surface area contributed by atoms with Gasteiger partial charge in [0.15, 0.2) is 0 Å². The summed E-state index contributed by atoms with van der Waals surface area (Å²) in [7, 11) is 0. The Balaban J connectivity index is 1.75. The van der Waals surface area contributed by atoms with Gasteiger partial charge >= 0.3 is 5.97 Å². The molecule has 0 spiro atoms. The Morgan fingerprint density at radius 3 is 2.57 bits per heavy atom. The molecule has 1 atom stereocenters. The van der Waals surface area contributed by atoms with Crippen molar-refractivity contribution < 1.29 is 14.4 Å². The summed E-state index contributed by atoms with van der Waals surface area (Å²) < 4.78 is 0. The summed E-state index contributed by atoms with van der Waals surface area (Å²) in [5.74, 6) is -0.310. The summed E-state index contributed by atoms with van der Waals surface area (Å²) in [5.41, 5.74) is 2.11. The molecule has 28 heavy (non-hydrogen) atoms. The van der Waals surface area contributed by atoms with Gasteiger partial charge in [-0.05, 0) is 52.2 Å². The highest BCUT2D eigenvalue weighted by atomic mass is 32.1. The van der Waals surface area contributed by atoms with Gasteiger partial charge in [-0.3, -0.25) is 4.79 Å². The summed E-state index contributed by atoms with van der Waals surface area (Å²) in [6.45, 7) is 7.80. The first kappa shape index (κ1) is 20.5. The van der Waals surface area contributed by atoms with Crippen LogP contribution in [0.15, 0.2) is 29.6 Å². The van der Waals surface area contributed by atoms with Crippen molar-refractivity contribution in [3.63, 3.8) is 0 Å². The molecule has 1 aromatic carbocycles. The number of anilines is 1. The van der Waals surface area contributed by atoms with Crippen molar-refractivity contribution in [3.05, 3.63) is 34.7 Å². The Bertz CT molecular complexity index is 839. The van der Waals surface area contributed by atoms with E-state index in [1.54, 1.807) is 16.4 Å². The van der Waals surface area contributed by atoms with Crippen LogP contribution in [0.25, 0.3) is 11.3 Å². The largest absolute Gasteiger partial charge is 0.367 e. The molecule has 0 radical (unpaired) electrons. The first-order valence-corrected chi connectivity index (χ1v) is 10.4. The van der Waals surface area contributed by atoms with E-state index < -0.39 is 5.41 Å². The summed E-state index contributed by atoms with van der Waals surface area (Å²) in [4.78, 5) is 34.0. The van der Waals surface area contributed by atoms with Gasteiger partial charge in [0.2, 0.25) is 5.91 Å². The van der Waals surface area contributed by atoms with Crippen LogP contribution in [-0.2, 0) is 14.4 Å². The molecule has 6 nitrogen and oxygen atoms in total. The smallest absolute Gasteiger partial charge is 0.330 e. The summed E-state index contributed by atoms with van der Waals surface area (Å²) in [6.07, 6.45) is 3.02. The number of piperidine rings is 1. The molecule has 0 aliphatic carbocycles. The van der Waals surface area contributed by atoms with Crippen LogP contribution in [0.1, 0.15) is 58.0 Å². The minimum atomic E-state index is -0.536. The van der Waals surface area contributed by atoms with E-state index in [2.05, 4.69) is 5.32 Å². The zero-order valence-corrected chi connectivity index (χ0v) is 17.6. The number of hydroxylamine groups is 2. The molecular formula is C21H27N3O3S. The number of rotatable bonds is 4. The Kier molecular flexibility index (Phi) is 6.15. The number of amides is 1. The lowest BCUT2D eigenvalue weighted by Crippen LogP contribution is -2.38. The van der Waals surface area contributed by atoms with Crippen molar-refractivity contribution in [1.29, 1.82) is 0 Å². The third-order valence-corrected chi connectivity index (χ3v) is 5.52. The lowest BCUT2D eigenvalue weighted by molar-refractivity contribution is -0.218. The van der Waals surface area contributed by atoms with Crippen molar-refractivity contribution in [2.75, 3.05) is 11.9 Å². The molecular weight excluding hydrogens is 374 g/mol. The SMILES string of the molecule is CC(=O)Nc1ccc(-c2csc([C@H]3CCCCN3OC(=O)C(C)(C)C)n2)cc1. The topological polar surface area (TPSA) is 71.5 Å². The van der Waals surface area contributed by atoms with Crippen LogP contribution in [0.3, 0.4) is 0 Å². The van der Waals surface area contributed by atoms with Gasteiger partial charge < -0.3 is 10.2 Å². The first-order chi connectivity index (χ1) is 13.2. The number of hydrogen-bond acceptors (Lipinski definition) is 6. The molecule has 0 bridgehead atoms. The zero-order chi connectivity index (χ0) is 20.3. The molecule has 1 saturated heterocycles. The highest BCUT2D eigenvalue weighted by molar-refractivity contribution is 7.10. The normalized spacial score (nSPS) is 17.9. The monoisotopic (exact) mass is 401 g/mol. The predicted octanol–water partition coefficient (Wildman–Crippen LogP) is 4.80. The Morgan fingerprint density at radius 1 is 1.21 bits per heavy atom. The average Bonchev–Trinajstić information content (AvgIpc) is 3.11. The third kappa shape index (κ3) is 4.97. The maximum absolute atomic E-state index is 12.3. The number of carbonyl (C=O) groups is 2. The summed E-state index contributed by atoms with van der Waals surface area (Å²) in [5, 5.41) is 7.56. The lowest BCUT2D eigenvalue weighted by Gasteiger charge is -2.34. The molecule has 2 aromatic rings. The molecule has 150 valence electrons. The Labute approximate surface area is 169 Å². The molecule has 2 heterocycles. The van der Waals surface area contributed by atoms with Gasteiger partial charge in [-0.25, -0.2) is 9.78 Å². The van der Waals surface area contributed by atoms with Crippen LogP contribution >= 0.6 is 11.3 Å². The van der Waals surface area contributed by atoms with E-state index in [1.165, 1.54) is 6.92 Å².